The summed E-state index contributed by atoms with van der Waals surface area (Å²) in [6.07, 6.45) is 12.5. The van der Waals surface area contributed by atoms with Crippen molar-refractivity contribution >= 4 is 0 Å². The predicted molar refractivity (Wildman–Crippen MR) is 113 cm³/mol. The Morgan fingerprint density at radius 2 is 1.14 bits per heavy atom. The van der Waals surface area contributed by atoms with Crippen LogP contribution in [0.1, 0.15) is 50.7 Å². The summed E-state index contributed by atoms with van der Waals surface area (Å²) in [6, 6.07) is 11.1. The molecule has 0 atom stereocenters. The third kappa shape index (κ3) is 7.03. The van der Waals surface area contributed by atoms with Crippen LogP contribution in [0.25, 0.3) is 0 Å². The first-order valence-corrected chi connectivity index (χ1v) is 9.91. The van der Waals surface area contributed by atoms with Gasteiger partial charge < -0.3 is 19.7 Å². The molecule has 2 aromatic carbocycles. The molecule has 150 valence electrons. The smallest absolute Gasteiger partial charge is 0.168 e. The maximum absolute atomic E-state index is 10.1. The molecule has 0 aliphatic rings. The van der Waals surface area contributed by atoms with Crippen LogP contribution in [0, 0.1) is 0 Å². The fourth-order valence-corrected chi connectivity index (χ4v) is 2.73. The summed E-state index contributed by atoms with van der Waals surface area (Å²) in [6.45, 7) is 4.05. The number of allylic oxidation sites excluding steroid dienone is 2. The van der Waals surface area contributed by atoms with Gasteiger partial charge in [-0.2, -0.15) is 0 Å². The number of hydrogen-bond acceptors (Lipinski definition) is 4. The quantitative estimate of drug-likeness (QED) is 0.355. The minimum absolute atomic E-state index is 0.163. The second kappa shape index (κ2) is 11.8. The Kier molecular flexibility index (Phi) is 8.99. The lowest BCUT2D eigenvalue weighted by Gasteiger charge is -2.08. The van der Waals surface area contributed by atoms with Crippen LogP contribution in [-0.2, 0) is 12.8 Å². The van der Waals surface area contributed by atoms with E-state index < -0.39 is 0 Å². The predicted octanol–water partition coefficient (Wildman–Crippen LogP) is 6.27. The number of rotatable bonds is 11. The number of phenols is 2. The second-order valence-corrected chi connectivity index (χ2v) is 6.61. The first-order chi connectivity index (χ1) is 13.6. The van der Waals surface area contributed by atoms with Gasteiger partial charge in [-0.05, 0) is 86.1 Å². The van der Waals surface area contributed by atoms with Gasteiger partial charge in [0.1, 0.15) is 0 Å². The third-order valence-corrected chi connectivity index (χ3v) is 4.28. The zero-order valence-corrected chi connectivity index (χ0v) is 16.7. The third-order valence-electron chi connectivity index (χ3n) is 4.28. The molecule has 0 aliphatic heterocycles. The SMILES string of the molecule is CCC=COc1ccc(CCCCc2ccc(OC=CCC)c(O)c2)cc1O. The number of benzene rings is 2. The average molecular weight is 383 g/mol. The maximum Gasteiger partial charge on any atom is 0.168 e. The first-order valence-electron chi connectivity index (χ1n) is 9.91. The van der Waals surface area contributed by atoms with E-state index in [1.165, 1.54) is 0 Å². The van der Waals surface area contributed by atoms with Gasteiger partial charge in [0, 0.05) is 0 Å². The van der Waals surface area contributed by atoms with Gasteiger partial charge in [0.15, 0.2) is 23.0 Å². The molecule has 0 radical (unpaired) electrons. The van der Waals surface area contributed by atoms with Crippen molar-refractivity contribution in [2.24, 2.45) is 0 Å². The molecule has 0 amide bonds. The maximum atomic E-state index is 10.1. The van der Waals surface area contributed by atoms with E-state index in [-0.39, 0.29) is 11.5 Å². The van der Waals surface area contributed by atoms with Crippen LogP contribution in [-0.4, -0.2) is 10.2 Å². The number of ether oxygens (including phenoxy) is 2. The van der Waals surface area contributed by atoms with Gasteiger partial charge in [0.25, 0.3) is 0 Å². The molecular weight excluding hydrogens is 352 g/mol. The lowest BCUT2D eigenvalue weighted by atomic mass is 10.0. The van der Waals surface area contributed by atoms with E-state index in [2.05, 4.69) is 0 Å². The fourth-order valence-electron chi connectivity index (χ4n) is 2.73. The number of aryl methyl sites for hydroxylation is 2. The van der Waals surface area contributed by atoms with Crippen LogP contribution in [0.5, 0.6) is 23.0 Å². The van der Waals surface area contributed by atoms with Crippen molar-refractivity contribution in [1.82, 2.24) is 0 Å². The lowest BCUT2D eigenvalue weighted by Crippen LogP contribution is -1.91. The summed E-state index contributed by atoms with van der Waals surface area (Å²) in [4.78, 5) is 0. The molecule has 2 N–H and O–H groups in total. The van der Waals surface area contributed by atoms with Crippen molar-refractivity contribution < 1.29 is 19.7 Å². The van der Waals surface area contributed by atoms with Crippen LogP contribution < -0.4 is 9.47 Å². The summed E-state index contributed by atoms with van der Waals surface area (Å²) in [5, 5.41) is 20.1. The molecular formula is C24H30O4. The highest BCUT2D eigenvalue weighted by atomic mass is 16.5. The van der Waals surface area contributed by atoms with Crippen LogP contribution in [0.2, 0.25) is 0 Å². The largest absolute Gasteiger partial charge is 0.504 e. The van der Waals surface area contributed by atoms with Crippen molar-refractivity contribution in [2.75, 3.05) is 0 Å². The van der Waals surface area contributed by atoms with Gasteiger partial charge in [-0.3, -0.25) is 0 Å². The molecule has 0 unspecified atom stereocenters. The minimum atomic E-state index is 0.163. The molecule has 0 saturated carbocycles. The van der Waals surface area contributed by atoms with E-state index in [0.717, 1.165) is 49.7 Å². The minimum Gasteiger partial charge on any atom is -0.504 e. The zero-order valence-electron chi connectivity index (χ0n) is 16.7. The summed E-state index contributed by atoms with van der Waals surface area (Å²) >= 11 is 0. The number of aromatic hydroxyl groups is 2. The van der Waals surface area contributed by atoms with Crippen LogP contribution in [0.3, 0.4) is 0 Å². The number of phenolic OH excluding ortho intramolecular Hbond substituents is 2. The molecule has 4 nitrogen and oxygen atoms in total. The van der Waals surface area contributed by atoms with Gasteiger partial charge in [-0.15, -0.1) is 0 Å². The Bertz CT molecular complexity index is 726. The Balaban J connectivity index is 1.79. The Morgan fingerprint density at radius 3 is 1.50 bits per heavy atom. The number of unbranched alkanes of at least 4 members (excludes halogenated alkanes) is 1. The molecule has 0 saturated heterocycles. The fraction of sp³-hybridized carbons (Fsp3) is 0.333. The summed E-state index contributed by atoms with van der Waals surface area (Å²) in [5.74, 6) is 1.27. The van der Waals surface area contributed by atoms with Gasteiger partial charge in [0.2, 0.25) is 0 Å². The monoisotopic (exact) mass is 382 g/mol. The molecule has 0 spiro atoms. The van der Waals surface area contributed by atoms with E-state index in [1.54, 1.807) is 36.8 Å². The lowest BCUT2D eigenvalue weighted by molar-refractivity contribution is 0.408. The van der Waals surface area contributed by atoms with E-state index in [1.807, 2.05) is 38.1 Å². The molecule has 2 rings (SSSR count). The topological polar surface area (TPSA) is 58.9 Å². The van der Waals surface area contributed by atoms with Crippen molar-refractivity contribution in [3.05, 3.63) is 72.2 Å². The summed E-state index contributed by atoms with van der Waals surface area (Å²) < 4.78 is 10.8. The summed E-state index contributed by atoms with van der Waals surface area (Å²) in [7, 11) is 0. The van der Waals surface area contributed by atoms with Crippen molar-refractivity contribution in [2.45, 2.75) is 52.4 Å². The summed E-state index contributed by atoms with van der Waals surface area (Å²) in [5.41, 5.74) is 2.16. The van der Waals surface area contributed by atoms with Crippen LogP contribution in [0.15, 0.2) is 61.1 Å². The van der Waals surface area contributed by atoms with Gasteiger partial charge in [-0.25, -0.2) is 0 Å². The zero-order chi connectivity index (χ0) is 20.2. The Labute approximate surface area is 167 Å². The highest BCUT2D eigenvalue weighted by molar-refractivity contribution is 5.43. The molecule has 0 heterocycles. The highest BCUT2D eigenvalue weighted by Gasteiger charge is 2.05. The number of hydrogen-bond donors (Lipinski definition) is 2. The average Bonchev–Trinajstić information content (AvgIpc) is 2.69. The van der Waals surface area contributed by atoms with E-state index >= 15 is 0 Å². The molecule has 28 heavy (non-hydrogen) atoms. The molecule has 0 aliphatic carbocycles. The van der Waals surface area contributed by atoms with Crippen molar-refractivity contribution in [3.63, 3.8) is 0 Å². The Hall–Kier alpha value is -2.88. The van der Waals surface area contributed by atoms with Crippen molar-refractivity contribution in [1.29, 1.82) is 0 Å². The van der Waals surface area contributed by atoms with Crippen LogP contribution >= 0.6 is 0 Å². The molecule has 0 bridgehead atoms. The van der Waals surface area contributed by atoms with Gasteiger partial charge >= 0.3 is 0 Å². The van der Waals surface area contributed by atoms with Gasteiger partial charge in [-0.1, -0.05) is 26.0 Å². The standard InChI is InChI=1S/C24H30O4/c1-3-5-15-27-23-13-11-19(17-21(23)25)9-7-8-10-20-12-14-24(22(26)18-20)28-16-6-4-2/h5-6,11-18,25-26H,3-4,7-10H2,1-2H3. The van der Waals surface area contributed by atoms with E-state index in [9.17, 15) is 10.2 Å². The highest BCUT2D eigenvalue weighted by Crippen LogP contribution is 2.29. The molecule has 0 fully saturated rings. The first kappa shape index (κ1) is 21.4. The molecule has 0 aromatic heterocycles. The normalized spacial score (nSPS) is 11.4. The molecule has 4 heteroatoms. The Morgan fingerprint density at radius 1 is 0.714 bits per heavy atom. The van der Waals surface area contributed by atoms with E-state index in [0.29, 0.717) is 11.5 Å². The van der Waals surface area contributed by atoms with Crippen molar-refractivity contribution in [3.8, 4) is 23.0 Å². The van der Waals surface area contributed by atoms with Gasteiger partial charge in [0.05, 0.1) is 12.5 Å². The second-order valence-electron chi connectivity index (χ2n) is 6.61. The van der Waals surface area contributed by atoms with Crippen LogP contribution in [0.4, 0.5) is 0 Å². The van der Waals surface area contributed by atoms with E-state index in [4.69, 9.17) is 9.47 Å². The molecule has 2 aromatic rings.